The third-order valence-corrected chi connectivity index (χ3v) is 2.64. The van der Waals surface area contributed by atoms with Crippen LogP contribution >= 0.6 is 0 Å². The Morgan fingerprint density at radius 2 is 2.29 bits per heavy atom. The lowest BCUT2D eigenvalue weighted by Crippen LogP contribution is -2.22. The van der Waals surface area contributed by atoms with E-state index >= 15 is 0 Å². The van der Waals surface area contributed by atoms with Crippen LogP contribution in [0.3, 0.4) is 0 Å². The van der Waals surface area contributed by atoms with Gasteiger partial charge in [-0.05, 0) is 25.1 Å². The standard InChI is InChI=1S/C12H15N3O2/c1-17-10-5-2-4-9-11(10)14-8-15(12(9)16)7-3-6-13/h2,4-5,8H,3,6-7,13H2,1H3. The summed E-state index contributed by atoms with van der Waals surface area (Å²) in [6.07, 6.45) is 2.31. The third kappa shape index (κ3) is 2.14. The summed E-state index contributed by atoms with van der Waals surface area (Å²) in [5.41, 5.74) is 5.98. The van der Waals surface area contributed by atoms with Crippen LogP contribution in [0.4, 0.5) is 0 Å². The van der Waals surface area contributed by atoms with E-state index in [4.69, 9.17) is 10.5 Å². The maximum atomic E-state index is 12.1. The molecule has 2 N–H and O–H groups in total. The Kier molecular flexibility index (Phi) is 3.39. The Bertz CT molecular complexity index is 577. The second-order valence-corrected chi connectivity index (χ2v) is 3.74. The van der Waals surface area contributed by atoms with Crippen LogP contribution in [-0.2, 0) is 6.54 Å². The minimum Gasteiger partial charge on any atom is -0.494 e. The number of aryl methyl sites for hydroxylation is 1. The van der Waals surface area contributed by atoms with Crippen LogP contribution in [0.5, 0.6) is 5.75 Å². The quantitative estimate of drug-likeness (QED) is 0.846. The van der Waals surface area contributed by atoms with E-state index in [0.717, 1.165) is 6.42 Å². The van der Waals surface area contributed by atoms with Gasteiger partial charge in [0.2, 0.25) is 0 Å². The van der Waals surface area contributed by atoms with Gasteiger partial charge in [0, 0.05) is 6.54 Å². The van der Waals surface area contributed by atoms with Crippen molar-refractivity contribution in [2.45, 2.75) is 13.0 Å². The summed E-state index contributed by atoms with van der Waals surface area (Å²) in [5, 5.41) is 0.573. The molecule has 0 fully saturated rings. The monoisotopic (exact) mass is 233 g/mol. The van der Waals surface area contributed by atoms with Gasteiger partial charge in [-0.25, -0.2) is 4.98 Å². The number of rotatable bonds is 4. The molecule has 0 saturated carbocycles. The number of hydrogen-bond donors (Lipinski definition) is 1. The van der Waals surface area contributed by atoms with E-state index in [1.165, 1.54) is 0 Å². The molecule has 1 aromatic heterocycles. The Hall–Kier alpha value is -1.88. The van der Waals surface area contributed by atoms with E-state index in [2.05, 4.69) is 4.98 Å². The first-order valence-electron chi connectivity index (χ1n) is 5.50. The van der Waals surface area contributed by atoms with Crippen molar-refractivity contribution in [3.63, 3.8) is 0 Å². The molecule has 1 aromatic carbocycles. The lowest BCUT2D eigenvalue weighted by atomic mass is 10.2. The van der Waals surface area contributed by atoms with Crippen LogP contribution < -0.4 is 16.0 Å². The summed E-state index contributed by atoms with van der Waals surface area (Å²) in [6, 6.07) is 5.34. The average molecular weight is 233 g/mol. The van der Waals surface area contributed by atoms with Gasteiger partial charge in [-0.2, -0.15) is 0 Å². The molecule has 0 aliphatic carbocycles. The van der Waals surface area contributed by atoms with E-state index in [-0.39, 0.29) is 5.56 Å². The minimum atomic E-state index is -0.0534. The first-order valence-corrected chi connectivity index (χ1v) is 5.50. The van der Waals surface area contributed by atoms with Gasteiger partial charge in [-0.1, -0.05) is 6.07 Å². The first kappa shape index (κ1) is 11.6. The second kappa shape index (κ2) is 4.97. The number of methoxy groups -OCH3 is 1. The molecule has 0 spiro atoms. The van der Waals surface area contributed by atoms with Crippen LogP contribution in [0.25, 0.3) is 10.9 Å². The zero-order valence-corrected chi connectivity index (χ0v) is 9.72. The molecule has 0 atom stereocenters. The maximum Gasteiger partial charge on any atom is 0.261 e. The predicted molar refractivity (Wildman–Crippen MR) is 66.2 cm³/mol. The zero-order chi connectivity index (χ0) is 12.3. The topological polar surface area (TPSA) is 70.1 Å². The fourth-order valence-corrected chi connectivity index (χ4v) is 1.75. The number of para-hydroxylation sites is 1. The Morgan fingerprint density at radius 3 is 3.00 bits per heavy atom. The first-order chi connectivity index (χ1) is 8.27. The van der Waals surface area contributed by atoms with Crippen molar-refractivity contribution in [2.24, 2.45) is 5.73 Å². The van der Waals surface area contributed by atoms with Crippen molar-refractivity contribution in [3.05, 3.63) is 34.9 Å². The van der Waals surface area contributed by atoms with E-state index in [0.29, 0.717) is 29.7 Å². The van der Waals surface area contributed by atoms with Gasteiger partial charge in [0.15, 0.2) is 0 Å². The van der Waals surface area contributed by atoms with Crippen LogP contribution in [0.1, 0.15) is 6.42 Å². The molecule has 0 radical (unpaired) electrons. The lowest BCUT2D eigenvalue weighted by Gasteiger charge is -2.07. The number of ether oxygens (including phenoxy) is 1. The van der Waals surface area contributed by atoms with Crippen molar-refractivity contribution < 1.29 is 4.74 Å². The van der Waals surface area contributed by atoms with Gasteiger partial charge in [-0.3, -0.25) is 9.36 Å². The van der Waals surface area contributed by atoms with Gasteiger partial charge in [-0.15, -0.1) is 0 Å². The predicted octanol–water partition coefficient (Wildman–Crippen LogP) is 0.754. The van der Waals surface area contributed by atoms with Crippen LogP contribution in [-0.4, -0.2) is 23.2 Å². The van der Waals surface area contributed by atoms with E-state index in [1.54, 1.807) is 36.2 Å². The van der Waals surface area contributed by atoms with Crippen LogP contribution in [0, 0.1) is 0 Å². The highest BCUT2D eigenvalue weighted by Gasteiger charge is 2.07. The summed E-state index contributed by atoms with van der Waals surface area (Å²) < 4.78 is 6.75. The largest absolute Gasteiger partial charge is 0.494 e. The Balaban J connectivity index is 2.56. The number of aromatic nitrogens is 2. The number of benzene rings is 1. The highest BCUT2D eigenvalue weighted by Crippen LogP contribution is 2.19. The fourth-order valence-electron chi connectivity index (χ4n) is 1.75. The van der Waals surface area contributed by atoms with Gasteiger partial charge in [0.1, 0.15) is 11.3 Å². The maximum absolute atomic E-state index is 12.1. The summed E-state index contributed by atoms with van der Waals surface area (Å²) in [5.74, 6) is 0.616. The Morgan fingerprint density at radius 1 is 1.47 bits per heavy atom. The highest BCUT2D eigenvalue weighted by molar-refractivity contribution is 5.83. The summed E-state index contributed by atoms with van der Waals surface area (Å²) >= 11 is 0. The lowest BCUT2D eigenvalue weighted by molar-refractivity contribution is 0.418. The molecule has 0 aliphatic heterocycles. The molecule has 0 amide bonds. The SMILES string of the molecule is COc1cccc2c(=O)n(CCCN)cnc12. The molecule has 1 heterocycles. The van der Waals surface area contributed by atoms with Crippen molar-refractivity contribution in [1.29, 1.82) is 0 Å². The molecule has 2 rings (SSSR count). The molecule has 0 bridgehead atoms. The Labute approximate surface area is 98.8 Å². The molecule has 5 nitrogen and oxygen atoms in total. The third-order valence-electron chi connectivity index (χ3n) is 2.64. The molecule has 90 valence electrons. The zero-order valence-electron chi connectivity index (χ0n) is 9.72. The van der Waals surface area contributed by atoms with Gasteiger partial charge in [0.05, 0.1) is 18.8 Å². The van der Waals surface area contributed by atoms with Crippen molar-refractivity contribution >= 4 is 10.9 Å². The molecule has 2 aromatic rings. The highest BCUT2D eigenvalue weighted by atomic mass is 16.5. The summed E-state index contributed by atoms with van der Waals surface area (Å²) in [7, 11) is 1.57. The van der Waals surface area contributed by atoms with E-state index in [1.807, 2.05) is 0 Å². The molecule has 5 heteroatoms. The summed E-state index contributed by atoms with van der Waals surface area (Å²) in [6.45, 7) is 1.15. The fraction of sp³-hybridized carbons (Fsp3) is 0.333. The van der Waals surface area contributed by atoms with E-state index < -0.39 is 0 Å². The van der Waals surface area contributed by atoms with Crippen molar-refractivity contribution in [2.75, 3.05) is 13.7 Å². The summed E-state index contributed by atoms with van der Waals surface area (Å²) in [4.78, 5) is 16.4. The molecule has 0 unspecified atom stereocenters. The smallest absolute Gasteiger partial charge is 0.261 e. The number of fused-ring (bicyclic) bond motifs is 1. The van der Waals surface area contributed by atoms with E-state index in [9.17, 15) is 4.79 Å². The average Bonchev–Trinajstić information content (AvgIpc) is 2.37. The molecule has 0 aliphatic rings. The van der Waals surface area contributed by atoms with Crippen LogP contribution in [0.2, 0.25) is 0 Å². The van der Waals surface area contributed by atoms with Crippen molar-refractivity contribution in [3.8, 4) is 5.75 Å². The molecular formula is C12H15N3O2. The number of hydrogen-bond acceptors (Lipinski definition) is 4. The normalized spacial score (nSPS) is 10.7. The van der Waals surface area contributed by atoms with Crippen molar-refractivity contribution in [1.82, 2.24) is 9.55 Å². The molecular weight excluding hydrogens is 218 g/mol. The minimum absolute atomic E-state index is 0.0534. The van der Waals surface area contributed by atoms with Gasteiger partial charge in [0.25, 0.3) is 5.56 Å². The molecule has 0 saturated heterocycles. The number of nitrogens with two attached hydrogens (primary N) is 1. The van der Waals surface area contributed by atoms with Gasteiger partial charge < -0.3 is 10.5 Å². The van der Waals surface area contributed by atoms with Crippen LogP contribution in [0.15, 0.2) is 29.3 Å². The number of nitrogens with zero attached hydrogens (tertiary/aromatic N) is 2. The molecule has 17 heavy (non-hydrogen) atoms. The van der Waals surface area contributed by atoms with Gasteiger partial charge >= 0.3 is 0 Å². The second-order valence-electron chi connectivity index (χ2n) is 3.74.